The molecule has 6 heteroatoms. The highest BCUT2D eigenvalue weighted by Crippen LogP contribution is 2.11. The molecule has 2 amide bonds. The van der Waals surface area contributed by atoms with Crippen LogP contribution < -0.4 is 0 Å². The molecule has 1 saturated heterocycles. The zero-order valence-corrected chi connectivity index (χ0v) is 19.9. The van der Waals surface area contributed by atoms with Crippen LogP contribution in [-0.4, -0.2) is 59.9 Å². The van der Waals surface area contributed by atoms with E-state index in [2.05, 4.69) is 0 Å². The van der Waals surface area contributed by atoms with E-state index >= 15 is 0 Å². The summed E-state index contributed by atoms with van der Waals surface area (Å²) >= 11 is 0. The molecule has 0 radical (unpaired) electrons. The molecule has 6 nitrogen and oxygen atoms in total. The highest BCUT2D eigenvalue weighted by Gasteiger charge is 2.21. The first-order valence-electron chi connectivity index (χ1n) is 11.5. The lowest BCUT2D eigenvalue weighted by atomic mass is 10.0. The maximum Gasteiger partial charge on any atom is 0.253 e. The summed E-state index contributed by atoms with van der Waals surface area (Å²) in [5.74, 6) is 0.479. The van der Waals surface area contributed by atoms with Crippen LogP contribution in [0.15, 0.2) is 48.5 Å². The molecule has 0 bridgehead atoms. The molecule has 1 aliphatic rings. The van der Waals surface area contributed by atoms with Gasteiger partial charge in [-0.3, -0.25) is 19.2 Å². The number of hydrogen-bond donors (Lipinski definition) is 0. The number of aryl methyl sites for hydroxylation is 1. The van der Waals surface area contributed by atoms with Crippen LogP contribution in [0.2, 0.25) is 0 Å². The molecule has 0 atom stereocenters. The molecule has 0 spiro atoms. The van der Waals surface area contributed by atoms with Crippen LogP contribution in [0.3, 0.4) is 0 Å². The van der Waals surface area contributed by atoms with Crippen molar-refractivity contribution in [3.8, 4) is 0 Å². The number of Topliss-reactive ketones (excluding diaryl/α,β-unsaturated/α-hetero) is 2. The fourth-order valence-corrected chi connectivity index (χ4v) is 3.39. The van der Waals surface area contributed by atoms with Crippen molar-refractivity contribution in [2.24, 2.45) is 0 Å². The van der Waals surface area contributed by atoms with E-state index in [1.807, 2.05) is 57.2 Å². The normalized spacial score (nSPS) is 13.1. The minimum Gasteiger partial charge on any atom is -0.342 e. The van der Waals surface area contributed by atoms with Crippen molar-refractivity contribution in [3.63, 3.8) is 0 Å². The summed E-state index contributed by atoms with van der Waals surface area (Å²) in [6, 6.07) is 15.3. The first-order valence-corrected chi connectivity index (χ1v) is 11.5. The Kier molecular flexibility index (Phi) is 10.5. The van der Waals surface area contributed by atoms with Gasteiger partial charge in [-0.25, -0.2) is 0 Å². The molecule has 2 aromatic rings. The molecular formula is C27H34N2O4. The van der Waals surface area contributed by atoms with Crippen molar-refractivity contribution >= 4 is 23.9 Å². The number of nitrogens with zero attached hydrogens (tertiary/aromatic N) is 2. The van der Waals surface area contributed by atoms with Gasteiger partial charge in [0.15, 0.2) is 0 Å². The highest BCUT2D eigenvalue weighted by atomic mass is 16.2. The second-order valence-electron chi connectivity index (χ2n) is 8.25. The van der Waals surface area contributed by atoms with Gasteiger partial charge in [0, 0.05) is 57.4 Å². The van der Waals surface area contributed by atoms with Crippen LogP contribution in [0.1, 0.15) is 53.7 Å². The second kappa shape index (κ2) is 13.3. The summed E-state index contributed by atoms with van der Waals surface area (Å²) in [5, 5.41) is 0. The van der Waals surface area contributed by atoms with Gasteiger partial charge in [0.1, 0.15) is 11.6 Å². The summed E-state index contributed by atoms with van der Waals surface area (Å²) in [7, 11) is 0. The summed E-state index contributed by atoms with van der Waals surface area (Å²) in [6.45, 7) is 8.08. The van der Waals surface area contributed by atoms with Gasteiger partial charge in [0.05, 0.1) is 0 Å². The van der Waals surface area contributed by atoms with Gasteiger partial charge in [-0.05, 0) is 30.2 Å². The van der Waals surface area contributed by atoms with Crippen molar-refractivity contribution in [3.05, 3.63) is 70.8 Å². The minimum atomic E-state index is -0.0195. The smallest absolute Gasteiger partial charge is 0.253 e. The summed E-state index contributed by atoms with van der Waals surface area (Å²) < 4.78 is 0. The van der Waals surface area contributed by atoms with E-state index in [1.54, 1.807) is 21.9 Å². The van der Waals surface area contributed by atoms with Crippen molar-refractivity contribution in [2.45, 2.75) is 46.5 Å². The molecule has 0 saturated carbocycles. The van der Waals surface area contributed by atoms with Crippen LogP contribution in [-0.2, 0) is 27.2 Å². The van der Waals surface area contributed by atoms with Gasteiger partial charge in [-0.2, -0.15) is 0 Å². The van der Waals surface area contributed by atoms with E-state index in [9.17, 15) is 19.2 Å². The van der Waals surface area contributed by atoms with E-state index in [0.717, 1.165) is 17.5 Å². The first kappa shape index (κ1) is 26.0. The minimum absolute atomic E-state index is 0.0195. The highest BCUT2D eigenvalue weighted by molar-refractivity contribution is 5.94. The molecule has 1 heterocycles. The van der Waals surface area contributed by atoms with E-state index in [1.165, 1.54) is 5.56 Å². The third-order valence-electron chi connectivity index (χ3n) is 5.66. The van der Waals surface area contributed by atoms with Crippen molar-refractivity contribution in [1.29, 1.82) is 0 Å². The van der Waals surface area contributed by atoms with Crippen molar-refractivity contribution in [2.75, 3.05) is 26.2 Å². The number of carbonyl (C=O) groups excluding carboxylic acids is 4. The average Bonchev–Trinajstić information content (AvgIpc) is 2.85. The topological polar surface area (TPSA) is 74.8 Å². The zero-order chi connectivity index (χ0) is 24.2. The SMILES string of the molecule is CCC(=O)Cc1ccc(C(=O)N2CCN(C=O)CC2)cc1.CCC(=O)Cc1ccc(C)cc1. The van der Waals surface area contributed by atoms with Crippen molar-refractivity contribution < 1.29 is 19.2 Å². The molecule has 2 aromatic carbocycles. The van der Waals surface area contributed by atoms with Crippen LogP contribution in [0.4, 0.5) is 0 Å². The van der Waals surface area contributed by atoms with Gasteiger partial charge < -0.3 is 9.80 Å². The number of ketones is 2. The van der Waals surface area contributed by atoms with Gasteiger partial charge in [-0.15, -0.1) is 0 Å². The molecule has 1 fully saturated rings. The van der Waals surface area contributed by atoms with E-state index in [4.69, 9.17) is 0 Å². The monoisotopic (exact) mass is 450 g/mol. The number of carbonyl (C=O) groups is 4. The number of hydrogen-bond acceptors (Lipinski definition) is 4. The van der Waals surface area contributed by atoms with Crippen LogP contribution in [0, 0.1) is 6.92 Å². The molecule has 0 aliphatic carbocycles. The Morgan fingerprint density at radius 3 is 1.64 bits per heavy atom. The van der Waals surface area contributed by atoms with Gasteiger partial charge in [-0.1, -0.05) is 55.8 Å². The number of benzene rings is 2. The fourth-order valence-electron chi connectivity index (χ4n) is 3.39. The average molecular weight is 451 g/mol. The maximum absolute atomic E-state index is 12.3. The summed E-state index contributed by atoms with van der Waals surface area (Å²) in [4.78, 5) is 48.9. The number of rotatable bonds is 8. The molecular weight excluding hydrogens is 416 g/mol. The number of piperazine rings is 1. The Labute approximate surface area is 196 Å². The Morgan fingerprint density at radius 1 is 0.758 bits per heavy atom. The van der Waals surface area contributed by atoms with Crippen LogP contribution in [0.25, 0.3) is 0 Å². The standard InChI is InChI=1S/C16H20N2O3.C11H14O/c1-2-15(20)11-13-3-5-14(6-4-13)16(21)18-9-7-17(12-19)8-10-18;1-3-11(12)8-10-6-4-9(2)5-7-10/h3-6,12H,2,7-11H2,1H3;4-7H,3,8H2,1-2H3. The van der Waals surface area contributed by atoms with Gasteiger partial charge in [0.2, 0.25) is 6.41 Å². The van der Waals surface area contributed by atoms with Crippen molar-refractivity contribution in [1.82, 2.24) is 9.80 Å². The van der Waals surface area contributed by atoms with Gasteiger partial charge >= 0.3 is 0 Å². The van der Waals surface area contributed by atoms with Crippen LogP contribution >= 0.6 is 0 Å². The first-order chi connectivity index (χ1) is 15.9. The lowest BCUT2D eigenvalue weighted by Crippen LogP contribution is -2.48. The van der Waals surface area contributed by atoms with E-state index < -0.39 is 0 Å². The van der Waals surface area contributed by atoms with E-state index in [0.29, 0.717) is 63.2 Å². The molecule has 0 unspecified atom stereocenters. The quantitative estimate of drug-likeness (QED) is 0.576. The Hall–Kier alpha value is -3.28. The molecule has 3 rings (SSSR count). The summed E-state index contributed by atoms with van der Waals surface area (Å²) in [6.07, 6.45) is 2.98. The fraction of sp³-hybridized carbons (Fsp3) is 0.407. The predicted molar refractivity (Wildman–Crippen MR) is 129 cm³/mol. The predicted octanol–water partition coefficient (Wildman–Crippen LogP) is 3.64. The summed E-state index contributed by atoms with van der Waals surface area (Å²) in [5.41, 5.74) is 3.92. The van der Waals surface area contributed by atoms with Gasteiger partial charge in [0.25, 0.3) is 5.91 Å². The Bertz CT molecular complexity index is 928. The third-order valence-corrected chi connectivity index (χ3v) is 5.66. The molecule has 33 heavy (non-hydrogen) atoms. The molecule has 0 N–H and O–H groups in total. The Morgan fingerprint density at radius 2 is 1.21 bits per heavy atom. The lowest BCUT2D eigenvalue weighted by molar-refractivity contribution is -0.119. The zero-order valence-electron chi connectivity index (χ0n) is 19.9. The number of amides is 2. The Balaban J connectivity index is 0.000000273. The maximum atomic E-state index is 12.3. The largest absolute Gasteiger partial charge is 0.342 e. The van der Waals surface area contributed by atoms with E-state index in [-0.39, 0.29) is 11.7 Å². The lowest BCUT2D eigenvalue weighted by Gasteiger charge is -2.32. The molecule has 0 aromatic heterocycles. The second-order valence-corrected chi connectivity index (χ2v) is 8.25. The molecule has 1 aliphatic heterocycles. The molecule has 176 valence electrons. The van der Waals surface area contributed by atoms with Crippen LogP contribution in [0.5, 0.6) is 0 Å². The third kappa shape index (κ3) is 8.64.